The van der Waals surface area contributed by atoms with Gasteiger partial charge in [-0.3, -0.25) is 14.6 Å². The molecule has 0 spiro atoms. The zero-order valence-electron chi connectivity index (χ0n) is 14.2. The fourth-order valence-electron chi connectivity index (χ4n) is 2.44. The number of pyridine rings is 1. The molecule has 1 amide bonds. The van der Waals surface area contributed by atoms with E-state index >= 15 is 0 Å². The lowest BCUT2D eigenvalue weighted by Gasteiger charge is -2.26. The largest absolute Gasteiger partial charge is 0.334 e. The molecule has 2 aromatic rings. The van der Waals surface area contributed by atoms with Gasteiger partial charge in [0.2, 0.25) is 5.91 Å². The molecule has 132 valence electrons. The SMILES string of the molecule is CC(C)N(Cc1ccccn1)C(=O)CCC(=O)c1ccc(F)cc1F. The first kappa shape index (κ1) is 18.7. The van der Waals surface area contributed by atoms with Crippen molar-refractivity contribution in [2.75, 3.05) is 0 Å². The summed E-state index contributed by atoms with van der Waals surface area (Å²) < 4.78 is 26.5. The molecular weight excluding hydrogens is 326 g/mol. The molecular formula is C19H20F2N2O2. The van der Waals surface area contributed by atoms with Gasteiger partial charge in [0.25, 0.3) is 0 Å². The van der Waals surface area contributed by atoms with Gasteiger partial charge in [-0.1, -0.05) is 6.07 Å². The Morgan fingerprint density at radius 3 is 2.48 bits per heavy atom. The Morgan fingerprint density at radius 1 is 1.12 bits per heavy atom. The second-order valence-electron chi connectivity index (χ2n) is 5.98. The number of carbonyl (C=O) groups is 2. The van der Waals surface area contributed by atoms with E-state index in [-0.39, 0.29) is 30.4 Å². The van der Waals surface area contributed by atoms with E-state index in [0.29, 0.717) is 12.6 Å². The summed E-state index contributed by atoms with van der Waals surface area (Å²) in [6, 6.07) is 8.18. The molecule has 0 aliphatic carbocycles. The van der Waals surface area contributed by atoms with Crippen molar-refractivity contribution >= 4 is 11.7 Å². The Balaban J connectivity index is 2.00. The van der Waals surface area contributed by atoms with Crippen LogP contribution in [-0.2, 0) is 11.3 Å². The minimum Gasteiger partial charge on any atom is -0.334 e. The van der Waals surface area contributed by atoms with Crippen LogP contribution in [-0.4, -0.2) is 27.6 Å². The highest BCUT2D eigenvalue weighted by Crippen LogP contribution is 2.15. The number of carbonyl (C=O) groups excluding carboxylic acids is 2. The minimum atomic E-state index is -0.911. The average Bonchev–Trinajstić information content (AvgIpc) is 2.58. The Kier molecular flexibility index (Phi) is 6.33. The first-order valence-corrected chi connectivity index (χ1v) is 8.06. The topological polar surface area (TPSA) is 50.3 Å². The lowest BCUT2D eigenvalue weighted by Crippen LogP contribution is -2.36. The van der Waals surface area contributed by atoms with Gasteiger partial charge in [-0.15, -0.1) is 0 Å². The zero-order valence-corrected chi connectivity index (χ0v) is 14.2. The van der Waals surface area contributed by atoms with E-state index in [9.17, 15) is 18.4 Å². The van der Waals surface area contributed by atoms with E-state index in [4.69, 9.17) is 0 Å². The van der Waals surface area contributed by atoms with Gasteiger partial charge in [-0.05, 0) is 38.1 Å². The Labute approximate surface area is 145 Å². The fourth-order valence-corrected chi connectivity index (χ4v) is 2.44. The van der Waals surface area contributed by atoms with Crippen molar-refractivity contribution in [3.8, 4) is 0 Å². The molecule has 0 atom stereocenters. The fraction of sp³-hybridized carbons (Fsp3) is 0.316. The summed E-state index contributed by atoms with van der Waals surface area (Å²) >= 11 is 0. The second kappa shape index (κ2) is 8.46. The van der Waals surface area contributed by atoms with Gasteiger partial charge in [0.1, 0.15) is 11.6 Å². The number of aromatic nitrogens is 1. The van der Waals surface area contributed by atoms with Gasteiger partial charge < -0.3 is 4.90 Å². The monoisotopic (exact) mass is 346 g/mol. The van der Waals surface area contributed by atoms with E-state index < -0.39 is 17.4 Å². The van der Waals surface area contributed by atoms with Crippen molar-refractivity contribution < 1.29 is 18.4 Å². The first-order valence-electron chi connectivity index (χ1n) is 8.06. The van der Waals surface area contributed by atoms with Crippen molar-refractivity contribution in [1.82, 2.24) is 9.88 Å². The van der Waals surface area contributed by atoms with Crippen LogP contribution < -0.4 is 0 Å². The molecule has 1 heterocycles. The van der Waals surface area contributed by atoms with Gasteiger partial charge >= 0.3 is 0 Å². The number of halogens is 2. The van der Waals surface area contributed by atoms with E-state index in [1.807, 2.05) is 26.0 Å². The number of rotatable bonds is 7. The molecule has 1 aromatic heterocycles. The summed E-state index contributed by atoms with van der Waals surface area (Å²) in [4.78, 5) is 30.4. The van der Waals surface area contributed by atoms with Crippen molar-refractivity contribution in [2.45, 2.75) is 39.3 Å². The van der Waals surface area contributed by atoms with Crippen LogP contribution in [0.4, 0.5) is 8.78 Å². The van der Waals surface area contributed by atoms with Crippen molar-refractivity contribution in [3.63, 3.8) is 0 Å². The molecule has 0 bridgehead atoms. The molecule has 6 heteroatoms. The first-order chi connectivity index (χ1) is 11.9. The number of nitrogens with zero attached hydrogens (tertiary/aromatic N) is 2. The highest BCUT2D eigenvalue weighted by atomic mass is 19.1. The van der Waals surface area contributed by atoms with Crippen molar-refractivity contribution in [2.24, 2.45) is 0 Å². The van der Waals surface area contributed by atoms with E-state index in [1.54, 1.807) is 17.2 Å². The molecule has 0 N–H and O–H groups in total. The third-order valence-electron chi connectivity index (χ3n) is 3.80. The summed E-state index contributed by atoms with van der Waals surface area (Å²) in [6.45, 7) is 4.10. The molecule has 4 nitrogen and oxygen atoms in total. The van der Waals surface area contributed by atoms with Crippen LogP contribution in [0, 0.1) is 11.6 Å². The van der Waals surface area contributed by atoms with Gasteiger partial charge in [-0.2, -0.15) is 0 Å². The number of ketones is 1. The normalized spacial score (nSPS) is 10.8. The molecule has 2 rings (SSSR count). The predicted octanol–water partition coefficient (Wildman–Crippen LogP) is 3.76. The summed E-state index contributed by atoms with van der Waals surface area (Å²) in [6.07, 6.45) is 1.48. The van der Waals surface area contributed by atoms with Crippen LogP contribution >= 0.6 is 0 Å². The van der Waals surface area contributed by atoms with Gasteiger partial charge in [0.15, 0.2) is 5.78 Å². The molecule has 25 heavy (non-hydrogen) atoms. The van der Waals surface area contributed by atoms with Crippen LogP contribution in [0.15, 0.2) is 42.6 Å². The lowest BCUT2D eigenvalue weighted by molar-refractivity contribution is -0.133. The summed E-state index contributed by atoms with van der Waals surface area (Å²) in [5.74, 6) is -2.39. The summed E-state index contributed by atoms with van der Waals surface area (Å²) in [5.41, 5.74) is 0.551. The van der Waals surface area contributed by atoms with Crippen LogP contribution in [0.25, 0.3) is 0 Å². The molecule has 0 fully saturated rings. The zero-order chi connectivity index (χ0) is 18.4. The molecule has 0 radical (unpaired) electrons. The smallest absolute Gasteiger partial charge is 0.223 e. The highest BCUT2D eigenvalue weighted by molar-refractivity contribution is 5.98. The Hall–Kier alpha value is -2.63. The quantitative estimate of drug-likeness (QED) is 0.717. The van der Waals surface area contributed by atoms with Gasteiger partial charge in [0, 0.05) is 31.1 Å². The molecule has 0 aliphatic heterocycles. The van der Waals surface area contributed by atoms with Crippen molar-refractivity contribution in [3.05, 3.63) is 65.5 Å². The van der Waals surface area contributed by atoms with E-state index in [2.05, 4.69) is 4.98 Å². The molecule has 0 aliphatic rings. The van der Waals surface area contributed by atoms with E-state index in [1.165, 1.54) is 0 Å². The predicted molar refractivity (Wildman–Crippen MR) is 89.8 cm³/mol. The standard InChI is InChI=1S/C19H20F2N2O2/c1-13(2)23(12-15-5-3-4-10-22-15)19(25)9-8-18(24)16-7-6-14(20)11-17(16)21/h3-7,10-11,13H,8-9,12H2,1-2H3. The lowest BCUT2D eigenvalue weighted by atomic mass is 10.1. The molecule has 0 unspecified atom stereocenters. The number of Topliss-reactive ketones (excluding diaryl/α,β-unsaturated/α-hetero) is 1. The van der Waals surface area contributed by atoms with Crippen LogP contribution in [0.1, 0.15) is 42.7 Å². The number of amides is 1. The third kappa shape index (κ3) is 5.17. The molecule has 1 aromatic carbocycles. The Bertz CT molecular complexity index is 748. The van der Waals surface area contributed by atoms with E-state index in [0.717, 1.165) is 17.8 Å². The highest BCUT2D eigenvalue weighted by Gasteiger charge is 2.20. The summed E-state index contributed by atoms with van der Waals surface area (Å²) in [7, 11) is 0. The van der Waals surface area contributed by atoms with Gasteiger partial charge in [-0.25, -0.2) is 8.78 Å². The van der Waals surface area contributed by atoms with Crippen molar-refractivity contribution in [1.29, 1.82) is 0 Å². The van der Waals surface area contributed by atoms with Crippen LogP contribution in [0.5, 0.6) is 0 Å². The maximum atomic E-state index is 13.6. The van der Waals surface area contributed by atoms with Gasteiger partial charge in [0.05, 0.1) is 17.8 Å². The number of hydrogen-bond donors (Lipinski definition) is 0. The minimum absolute atomic E-state index is 0.0410. The summed E-state index contributed by atoms with van der Waals surface area (Å²) in [5, 5.41) is 0. The Morgan fingerprint density at radius 2 is 1.88 bits per heavy atom. The number of benzene rings is 1. The third-order valence-corrected chi connectivity index (χ3v) is 3.80. The second-order valence-corrected chi connectivity index (χ2v) is 5.98. The van der Waals surface area contributed by atoms with Crippen LogP contribution in [0.2, 0.25) is 0 Å². The number of hydrogen-bond acceptors (Lipinski definition) is 3. The molecule has 0 saturated heterocycles. The van der Waals surface area contributed by atoms with Crippen LogP contribution in [0.3, 0.4) is 0 Å². The average molecular weight is 346 g/mol. The maximum Gasteiger partial charge on any atom is 0.223 e. The maximum absolute atomic E-state index is 13.6. The molecule has 0 saturated carbocycles.